The first kappa shape index (κ1) is 14.8. The molecule has 0 bridgehead atoms. The fourth-order valence-corrected chi connectivity index (χ4v) is 2.16. The number of hydrogen-bond acceptors (Lipinski definition) is 6. The fraction of sp³-hybridized carbons (Fsp3) is 0.188. The van der Waals surface area contributed by atoms with E-state index in [-0.39, 0.29) is 5.91 Å². The lowest BCUT2D eigenvalue weighted by Crippen LogP contribution is -2.15. The third-order valence-electron chi connectivity index (χ3n) is 3.25. The van der Waals surface area contributed by atoms with Crippen molar-refractivity contribution in [3.8, 4) is 11.4 Å². The number of nitrogens with zero attached hydrogens (tertiary/aromatic N) is 4. The Bertz CT molecular complexity index is 872. The second-order valence-corrected chi connectivity index (χ2v) is 5.09. The first-order valence-electron chi connectivity index (χ1n) is 7.05. The summed E-state index contributed by atoms with van der Waals surface area (Å²) >= 11 is 0. The fourth-order valence-electron chi connectivity index (χ4n) is 2.16. The van der Waals surface area contributed by atoms with E-state index in [4.69, 9.17) is 4.52 Å². The minimum Gasteiger partial charge on any atom is -0.339 e. The molecule has 1 aromatic carbocycles. The number of amides is 1. The number of aryl methyl sites for hydroxylation is 3. The number of rotatable bonds is 3. The summed E-state index contributed by atoms with van der Waals surface area (Å²) in [5.41, 5.74) is 2.47. The second kappa shape index (κ2) is 5.96. The second-order valence-electron chi connectivity index (χ2n) is 5.09. The van der Waals surface area contributed by atoms with Gasteiger partial charge in [0.25, 0.3) is 5.91 Å². The Labute approximate surface area is 132 Å². The van der Waals surface area contributed by atoms with Gasteiger partial charge in [0.05, 0.1) is 11.3 Å². The standard InChI is InChI=1S/C16H15N5O2/c1-9-14(8-17-10(2)18-9)16(22)20-13-6-4-5-12(7-13)15-19-11(3)23-21-15/h4-8H,1-3H3,(H,20,22). The van der Waals surface area contributed by atoms with Crippen molar-refractivity contribution in [1.29, 1.82) is 0 Å². The van der Waals surface area contributed by atoms with Crippen LogP contribution >= 0.6 is 0 Å². The Hall–Kier alpha value is -3.09. The molecule has 1 N–H and O–H groups in total. The molecule has 23 heavy (non-hydrogen) atoms. The molecule has 0 fully saturated rings. The van der Waals surface area contributed by atoms with E-state index in [1.54, 1.807) is 32.9 Å². The van der Waals surface area contributed by atoms with Crippen molar-refractivity contribution in [1.82, 2.24) is 20.1 Å². The van der Waals surface area contributed by atoms with Gasteiger partial charge in [-0.25, -0.2) is 9.97 Å². The van der Waals surface area contributed by atoms with Crippen molar-refractivity contribution in [2.24, 2.45) is 0 Å². The van der Waals surface area contributed by atoms with E-state index in [9.17, 15) is 4.79 Å². The van der Waals surface area contributed by atoms with Crippen molar-refractivity contribution in [2.75, 3.05) is 5.32 Å². The molecule has 0 saturated carbocycles. The van der Waals surface area contributed by atoms with Crippen molar-refractivity contribution >= 4 is 11.6 Å². The molecular formula is C16H15N5O2. The van der Waals surface area contributed by atoms with E-state index in [1.807, 2.05) is 12.1 Å². The van der Waals surface area contributed by atoms with Gasteiger partial charge < -0.3 is 9.84 Å². The maximum atomic E-state index is 12.4. The summed E-state index contributed by atoms with van der Waals surface area (Å²) in [6.45, 7) is 5.29. The van der Waals surface area contributed by atoms with E-state index < -0.39 is 0 Å². The van der Waals surface area contributed by atoms with Crippen LogP contribution in [0, 0.1) is 20.8 Å². The summed E-state index contributed by atoms with van der Waals surface area (Å²) in [4.78, 5) is 24.8. The number of aromatic nitrogens is 4. The van der Waals surface area contributed by atoms with Crippen LogP contribution in [0.3, 0.4) is 0 Å². The number of benzene rings is 1. The molecule has 2 heterocycles. The Balaban J connectivity index is 1.84. The van der Waals surface area contributed by atoms with Crippen molar-refractivity contribution in [3.05, 3.63) is 53.4 Å². The first-order valence-corrected chi connectivity index (χ1v) is 7.05. The van der Waals surface area contributed by atoms with Gasteiger partial charge in [-0.2, -0.15) is 4.98 Å². The van der Waals surface area contributed by atoms with E-state index in [1.165, 1.54) is 6.20 Å². The van der Waals surface area contributed by atoms with Crippen LogP contribution < -0.4 is 5.32 Å². The van der Waals surface area contributed by atoms with E-state index in [0.29, 0.717) is 34.5 Å². The SMILES string of the molecule is Cc1ncc(C(=O)Nc2cccc(-c3noc(C)n3)c2)c(C)n1. The van der Waals surface area contributed by atoms with Crippen LogP contribution in [-0.4, -0.2) is 26.0 Å². The summed E-state index contributed by atoms with van der Waals surface area (Å²) in [7, 11) is 0. The lowest BCUT2D eigenvalue weighted by molar-refractivity contribution is 0.102. The molecule has 116 valence electrons. The first-order chi connectivity index (χ1) is 11.0. The lowest BCUT2D eigenvalue weighted by Gasteiger charge is -2.08. The summed E-state index contributed by atoms with van der Waals surface area (Å²) in [6.07, 6.45) is 1.53. The van der Waals surface area contributed by atoms with Crippen molar-refractivity contribution < 1.29 is 9.32 Å². The molecule has 1 amide bonds. The van der Waals surface area contributed by atoms with Crippen LogP contribution in [-0.2, 0) is 0 Å². The molecule has 7 heteroatoms. The molecule has 7 nitrogen and oxygen atoms in total. The number of anilines is 1. The van der Waals surface area contributed by atoms with Crippen molar-refractivity contribution in [2.45, 2.75) is 20.8 Å². The van der Waals surface area contributed by atoms with Crippen LogP contribution in [0.2, 0.25) is 0 Å². The maximum absolute atomic E-state index is 12.4. The van der Waals surface area contributed by atoms with Gasteiger partial charge in [0.1, 0.15) is 5.82 Å². The monoisotopic (exact) mass is 309 g/mol. The van der Waals surface area contributed by atoms with Gasteiger partial charge in [-0.15, -0.1) is 0 Å². The maximum Gasteiger partial charge on any atom is 0.259 e. The summed E-state index contributed by atoms with van der Waals surface area (Å²) in [5.74, 6) is 1.34. The van der Waals surface area contributed by atoms with Gasteiger partial charge in [-0.1, -0.05) is 17.3 Å². The normalized spacial score (nSPS) is 10.6. The lowest BCUT2D eigenvalue weighted by atomic mass is 10.1. The van der Waals surface area contributed by atoms with Gasteiger partial charge in [0.2, 0.25) is 11.7 Å². The highest BCUT2D eigenvalue weighted by molar-refractivity contribution is 6.05. The van der Waals surface area contributed by atoms with Crippen LogP contribution in [0.25, 0.3) is 11.4 Å². The quantitative estimate of drug-likeness (QED) is 0.799. The Morgan fingerprint density at radius 3 is 2.70 bits per heavy atom. The van der Waals surface area contributed by atoms with Crippen LogP contribution in [0.1, 0.15) is 27.8 Å². The highest BCUT2D eigenvalue weighted by Crippen LogP contribution is 2.20. The molecule has 3 rings (SSSR count). The minimum atomic E-state index is -0.260. The predicted octanol–water partition coefficient (Wildman–Crippen LogP) is 2.70. The Morgan fingerprint density at radius 1 is 1.17 bits per heavy atom. The molecule has 0 spiro atoms. The highest BCUT2D eigenvalue weighted by Gasteiger charge is 2.12. The Kier molecular flexibility index (Phi) is 3.84. The molecule has 0 radical (unpaired) electrons. The Morgan fingerprint density at radius 2 is 2.00 bits per heavy atom. The van der Waals surface area contributed by atoms with E-state index in [0.717, 1.165) is 5.56 Å². The minimum absolute atomic E-state index is 0.260. The molecule has 0 atom stereocenters. The largest absolute Gasteiger partial charge is 0.339 e. The molecule has 2 aromatic heterocycles. The topological polar surface area (TPSA) is 93.8 Å². The molecule has 0 saturated heterocycles. The average Bonchev–Trinajstić information content (AvgIpc) is 2.94. The van der Waals surface area contributed by atoms with Gasteiger partial charge in [0, 0.05) is 24.4 Å². The zero-order valence-corrected chi connectivity index (χ0v) is 13.0. The summed E-state index contributed by atoms with van der Waals surface area (Å²) < 4.78 is 4.97. The van der Waals surface area contributed by atoms with Gasteiger partial charge in [-0.3, -0.25) is 4.79 Å². The highest BCUT2D eigenvalue weighted by atomic mass is 16.5. The third kappa shape index (κ3) is 3.23. The smallest absolute Gasteiger partial charge is 0.259 e. The summed E-state index contributed by atoms with van der Waals surface area (Å²) in [5, 5.41) is 6.70. The number of carbonyl (C=O) groups is 1. The molecule has 0 aliphatic rings. The van der Waals surface area contributed by atoms with E-state index >= 15 is 0 Å². The van der Waals surface area contributed by atoms with Gasteiger partial charge >= 0.3 is 0 Å². The van der Waals surface area contributed by atoms with Crippen molar-refractivity contribution in [3.63, 3.8) is 0 Å². The van der Waals surface area contributed by atoms with Crippen LogP contribution in [0.5, 0.6) is 0 Å². The van der Waals surface area contributed by atoms with Gasteiger partial charge in [-0.05, 0) is 26.0 Å². The molecule has 0 aliphatic heterocycles. The molecular weight excluding hydrogens is 294 g/mol. The summed E-state index contributed by atoms with van der Waals surface area (Å²) in [6, 6.07) is 7.24. The molecule has 0 unspecified atom stereocenters. The van der Waals surface area contributed by atoms with E-state index in [2.05, 4.69) is 25.4 Å². The van der Waals surface area contributed by atoms with Gasteiger partial charge in [0.15, 0.2) is 0 Å². The van der Waals surface area contributed by atoms with Crippen LogP contribution in [0.15, 0.2) is 35.0 Å². The third-order valence-corrected chi connectivity index (χ3v) is 3.25. The molecule has 0 aliphatic carbocycles. The zero-order chi connectivity index (χ0) is 16.4. The predicted molar refractivity (Wildman–Crippen MR) is 83.9 cm³/mol. The number of hydrogen-bond donors (Lipinski definition) is 1. The molecule has 3 aromatic rings. The number of nitrogens with one attached hydrogen (secondary N) is 1. The zero-order valence-electron chi connectivity index (χ0n) is 13.0. The average molecular weight is 309 g/mol. The number of carbonyl (C=O) groups excluding carboxylic acids is 1. The van der Waals surface area contributed by atoms with Crippen LogP contribution in [0.4, 0.5) is 5.69 Å².